The third kappa shape index (κ3) is 4.48. The van der Waals surface area contributed by atoms with Gasteiger partial charge in [0, 0.05) is 36.6 Å². The molecule has 0 aliphatic rings. The van der Waals surface area contributed by atoms with Crippen LogP contribution in [0.1, 0.15) is 17.4 Å². The SMILES string of the molecule is C[C@@H](CN)NC(=O)c1cc(-c2cccnc2)on1.Cl.Cl. The minimum atomic E-state index is -0.299. The molecule has 6 nitrogen and oxygen atoms in total. The monoisotopic (exact) mass is 318 g/mol. The molecule has 20 heavy (non-hydrogen) atoms. The summed E-state index contributed by atoms with van der Waals surface area (Å²) in [6, 6.07) is 5.09. The normalized spacial score (nSPS) is 10.9. The Balaban J connectivity index is 0.00000180. The summed E-state index contributed by atoms with van der Waals surface area (Å²) in [5.74, 6) is 0.209. The van der Waals surface area contributed by atoms with Crippen LogP contribution in [0.25, 0.3) is 11.3 Å². The predicted octanol–water partition coefficient (Wildman–Crippen LogP) is 1.66. The number of hydrogen-bond acceptors (Lipinski definition) is 5. The number of amides is 1. The smallest absolute Gasteiger partial charge is 0.273 e. The lowest BCUT2D eigenvalue weighted by Crippen LogP contribution is -2.37. The van der Waals surface area contributed by atoms with E-state index in [2.05, 4.69) is 15.5 Å². The fourth-order valence-electron chi connectivity index (χ4n) is 1.38. The zero-order valence-corrected chi connectivity index (χ0v) is 12.4. The Bertz CT molecular complexity index is 533. The molecular weight excluding hydrogens is 303 g/mol. The Morgan fingerprint density at radius 2 is 2.25 bits per heavy atom. The molecule has 0 fully saturated rings. The van der Waals surface area contributed by atoms with Gasteiger partial charge in [-0.25, -0.2) is 0 Å². The highest BCUT2D eigenvalue weighted by Gasteiger charge is 2.15. The lowest BCUT2D eigenvalue weighted by molar-refractivity contribution is 0.0932. The minimum Gasteiger partial charge on any atom is -0.355 e. The minimum absolute atomic E-state index is 0. The second-order valence-electron chi connectivity index (χ2n) is 3.93. The summed E-state index contributed by atoms with van der Waals surface area (Å²) in [6.07, 6.45) is 3.31. The molecule has 1 amide bonds. The Hall–Kier alpha value is -1.63. The summed E-state index contributed by atoms with van der Waals surface area (Å²) in [5.41, 5.74) is 6.43. The van der Waals surface area contributed by atoms with Crippen LogP contribution in [-0.2, 0) is 0 Å². The average Bonchev–Trinajstić information content (AvgIpc) is 2.89. The van der Waals surface area contributed by atoms with Gasteiger partial charge in [-0.15, -0.1) is 24.8 Å². The molecule has 1 atom stereocenters. The van der Waals surface area contributed by atoms with Gasteiger partial charge in [-0.2, -0.15) is 0 Å². The molecule has 0 aromatic carbocycles. The van der Waals surface area contributed by atoms with Gasteiger partial charge in [0.2, 0.25) is 0 Å². The standard InChI is InChI=1S/C12H14N4O2.2ClH/c1-8(6-13)15-12(17)10-5-11(18-16-10)9-3-2-4-14-7-9;;/h2-5,7-8H,6,13H2,1H3,(H,15,17);2*1H/t8-;;/m0../s1. The van der Waals surface area contributed by atoms with Crippen LogP contribution in [0, 0.1) is 0 Å². The molecule has 0 bridgehead atoms. The van der Waals surface area contributed by atoms with Crippen LogP contribution in [-0.4, -0.2) is 28.6 Å². The number of nitrogens with one attached hydrogen (secondary N) is 1. The van der Waals surface area contributed by atoms with E-state index in [1.54, 1.807) is 24.5 Å². The zero-order chi connectivity index (χ0) is 13.0. The first-order chi connectivity index (χ1) is 8.70. The number of carbonyl (C=O) groups excluding carboxylic acids is 1. The van der Waals surface area contributed by atoms with Crippen LogP contribution in [0.2, 0.25) is 0 Å². The van der Waals surface area contributed by atoms with Gasteiger partial charge in [0.1, 0.15) is 0 Å². The predicted molar refractivity (Wildman–Crippen MR) is 80.2 cm³/mol. The average molecular weight is 319 g/mol. The van der Waals surface area contributed by atoms with Gasteiger partial charge in [0.25, 0.3) is 5.91 Å². The molecule has 2 heterocycles. The second kappa shape index (κ2) is 8.52. The van der Waals surface area contributed by atoms with Gasteiger partial charge >= 0.3 is 0 Å². The van der Waals surface area contributed by atoms with Crippen LogP contribution in [0.5, 0.6) is 0 Å². The Labute approximate surface area is 128 Å². The molecular formula is C12H16Cl2N4O2. The van der Waals surface area contributed by atoms with E-state index < -0.39 is 0 Å². The van der Waals surface area contributed by atoms with E-state index in [0.717, 1.165) is 5.56 Å². The molecule has 0 aliphatic carbocycles. The van der Waals surface area contributed by atoms with E-state index >= 15 is 0 Å². The third-order valence-corrected chi connectivity index (χ3v) is 2.42. The van der Waals surface area contributed by atoms with E-state index in [9.17, 15) is 4.79 Å². The molecule has 8 heteroatoms. The van der Waals surface area contributed by atoms with E-state index in [1.165, 1.54) is 0 Å². The summed E-state index contributed by atoms with van der Waals surface area (Å²) in [6.45, 7) is 2.19. The largest absolute Gasteiger partial charge is 0.355 e. The molecule has 0 spiro atoms. The number of hydrogen-bond donors (Lipinski definition) is 2. The Kier molecular flexibility index (Phi) is 7.83. The van der Waals surface area contributed by atoms with Gasteiger partial charge in [-0.05, 0) is 19.1 Å². The van der Waals surface area contributed by atoms with Gasteiger partial charge < -0.3 is 15.6 Å². The van der Waals surface area contributed by atoms with Crippen molar-refractivity contribution in [3.8, 4) is 11.3 Å². The molecule has 2 rings (SSSR count). The van der Waals surface area contributed by atoms with Gasteiger partial charge in [0.05, 0.1) is 0 Å². The van der Waals surface area contributed by atoms with Crippen molar-refractivity contribution in [1.29, 1.82) is 0 Å². The van der Waals surface area contributed by atoms with Gasteiger partial charge in [0.15, 0.2) is 11.5 Å². The molecule has 0 unspecified atom stereocenters. The fraction of sp³-hybridized carbons (Fsp3) is 0.250. The highest BCUT2D eigenvalue weighted by atomic mass is 35.5. The van der Waals surface area contributed by atoms with Crippen molar-refractivity contribution < 1.29 is 9.32 Å². The van der Waals surface area contributed by atoms with Crippen molar-refractivity contribution in [2.75, 3.05) is 6.54 Å². The fourth-order valence-corrected chi connectivity index (χ4v) is 1.38. The number of nitrogens with zero attached hydrogens (tertiary/aromatic N) is 2. The van der Waals surface area contributed by atoms with E-state index in [4.69, 9.17) is 10.3 Å². The Morgan fingerprint density at radius 3 is 2.85 bits per heavy atom. The van der Waals surface area contributed by atoms with Crippen molar-refractivity contribution in [3.63, 3.8) is 0 Å². The summed E-state index contributed by atoms with van der Waals surface area (Å²) < 4.78 is 5.10. The maximum atomic E-state index is 11.8. The van der Waals surface area contributed by atoms with Crippen LogP contribution in [0.3, 0.4) is 0 Å². The maximum absolute atomic E-state index is 11.8. The molecule has 2 aromatic heterocycles. The van der Waals surface area contributed by atoms with Crippen LogP contribution in [0.15, 0.2) is 35.1 Å². The Morgan fingerprint density at radius 1 is 1.50 bits per heavy atom. The number of rotatable bonds is 4. The number of aromatic nitrogens is 2. The summed E-state index contributed by atoms with van der Waals surface area (Å²) in [7, 11) is 0. The number of pyridine rings is 1. The van der Waals surface area contributed by atoms with E-state index in [-0.39, 0.29) is 42.5 Å². The van der Waals surface area contributed by atoms with Crippen molar-refractivity contribution in [2.24, 2.45) is 5.73 Å². The van der Waals surface area contributed by atoms with Crippen LogP contribution >= 0.6 is 24.8 Å². The molecule has 0 aliphatic heterocycles. The summed E-state index contributed by atoms with van der Waals surface area (Å²) >= 11 is 0. The number of nitrogens with two attached hydrogens (primary N) is 1. The highest BCUT2D eigenvalue weighted by Crippen LogP contribution is 2.18. The van der Waals surface area contributed by atoms with E-state index in [0.29, 0.717) is 12.3 Å². The first-order valence-electron chi connectivity index (χ1n) is 5.58. The van der Waals surface area contributed by atoms with Crippen LogP contribution < -0.4 is 11.1 Å². The van der Waals surface area contributed by atoms with Crippen molar-refractivity contribution in [2.45, 2.75) is 13.0 Å². The molecule has 0 saturated heterocycles. The van der Waals surface area contributed by atoms with Crippen LogP contribution in [0.4, 0.5) is 0 Å². The number of halogens is 2. The van der Waals surface area contributed by atoms with Crippen molar-refractivity contribution in [3.05, 3.63) is 36.3 Å². The quantitative estimate of drug-likeness (QED) is 0.894. The lowest BCUT2D eigenvalue weighted by Gasteiger charge is -2.08. The van der Waals surface area contributed by atoms with Crippen molar-refractivity contribution >= 4 is 30.7 Å². The van der Waals surface area contributed by atoms with Crippen molar-refractivity contribution in [1.82, 2.24) is 15.5 Å². The first-order valence-corrected chi connectivity index (χ1v) is 5.58. The molecule has 3 N–H and O–H groups in total. The first kappa shape index (κ1) is 18.4. The molecule has 110 valence electrons. The zero-order valence-electron chi connectivity index (χ0n) is 10.8. The molecule has 2 aromatic rings. The summed E-state index contributed by atoms with van der Waals surface area (Å²) in [4.78, 5) is 15.7. The topological polar surface area (TPSA) is 94.0 Å². The van der Waals surface area contributed by atoms with Gasteiger partial charge in [-0.1, -0.05) is 5.16 Å². The molecule has 0 saturated carbocycles. The molecule has 0 radical (unpaired) electrons. The summed E-state index contributed by atoms with van der Waals surface area (Å²) in [5, 5.41) is 6.43. The second-order valence-corrected chi connectivity index (χ2v) is 3.93. The highest BCUT2D eigenvalue weighted by molar-refractivity contribution is 5.93. The number of carbonyl (C=O) groups is 1. The lowest BCUT2D eigenvalue weighted by atomic mass is 10.2. The van der Waals surface area contributed by atoms with Gasteiger partial charge in [-0.3, -0.25) is 9.78 Å². The van der Waals surface area contributed by atoms with E-state index in [1.807, 2.05) is 13.0 Å². The third-order valence-electron chi connectivity index (χ3n) is 2.42. The maximum Gasteiger partial charge on any atom is 0.273 e.